The Hall–Kier alpha value is -0.830. The first-order valence-corrected chi connectivity index (χ1v) is 3.93. The fraction of sp³-hybridized carbons (Fsp3) is 0.625. The van der Waals surface area contributed by atoms with Crippen molar-refractivity contribution in [1.82, 2.24) is 15.5 Å². The van der Waals surface area contributed by atoms with Gasteiger partial charge in [0, 0.05) is 18.8 Å². The molecule has 1 aromatic rings. The maximum Gasteiger partial charge on any atom is 0.0789 e. The molecule has 1 aromatic heterocycles. The van der Waals surface area contributed by atoms with Crippen LogP contribution in [0.2, 0.25) is 0 Å². The summed E-state index contributed by atoms with van der Waals surface area (Å²) in [5.74, 6) is 0. The summed E-state index contributed by atoms with van der Waals surface area (Å²) in [4.78, 5) is 0. The summed E-state index contributed by atoms with van der Waals surface area (Å²) in [6, 6.07) is 0.520. The SMILES string of the molecule is Cc1c[nH]nc1CNC(C)C. The standard InChI is InChI=1S/C8H15N3/c1-6(2)9-5-8-7(3)4-10-11-8/h4,6,9H,5H2,1-3H3,(H,10,11). The molecule has 0 aromatic carbocycles. The highest BCUT2D eigenvalue weighted by Crippen LogP contribution is 2.00. The van der Waals surface area contributed by atoms with Gasteiger partial charge >= 0.3 is 0 Å². The van der Waals surface area contributed by atoms with E-state index in [1.807, 2.05) is 6.20 Å². The predicted molar refractivity (Wildman–Crippen MR) is 45.3 cm³/mol. The number of hydrogen-bond donors (Lipinski definition) is 2. The van der Waals surface area contributed by atoms with Crippen LogP contribution in [0, 0.1) is 6.92 Å². The van der Waals surface area contributed by atoms with Gasteiger partial charge in [-0.25, -0.2) is 0 Å². The number of hydrogen-bond acceptors (Lipinski definition) is 2. The zero-order chi connectivity index (χ0) is 8.27. The van der Waals surface area contributed by atoms with Crippen LogP contribution in [0.5, 0.6) is 0 Å². The largest absolute Gasteiger partial charge is 0.309 e. The van der Waals surface area contributed by atoms with Crippen LogP contribution in [0.15, 0.2) is 6.20 Å². The van der Waals surface area contributed by atoms with Crippen molar-refractivity contribution in [2.24, 2.45) is 0 Å². The Morgan fingerprint density at radius 3 is 2.82 bits per heavy atom. The molecule has 62 valence electrons. The Bertz CT molecular complexity index is 215. The molecule has 0 amide bonds. The molecule has 2 N–H and O–H groups in total. The van der Waals surface area contributed by atoms with Gasteiger partial charge in [0.2, 0.25) is 0 Å². The van der Waals surface area contributed by atoms with Crippen LogP contribution in [-0.4, -0.2) is 16.2 Å². The second-order valence-electron chi connectivity index (χ2n) is 3.05. The van der Waals surface area contributed by atoms with Gasteiger partial charge in [0.15, 0.2) is 0 Å². The van der Waals surface area contributed by atoms with Crippen LogP contribution in [0.1, 0.15) is 25.1 Å². The molecule has 3 nitrogen and oxygen atoms in total. The summed E-state index contributed by atoms with van der Waals surface area (Å²) >= 11 is 0. The zero-order valence-electron chi connectivity index (χ0n) is 7.31. The molecular formula is C8H15N3. The number of aryl methyl sites for hydroxylation is 1. The topological polar surface area (TPSA) is 40.7 Å². The van der Waals surface area contributed by atoms with Gasteiger partial charge in [-0.1, -0.05) is 13.8 Å². The summed E-state index contributed by atoms with van der Waals surface area (Å²) < 4.78 is 0. The molecule has 0 aliphatic heterocycles. The van der Waals surface area contributed by atoms with Crippen molar-refractivity contribution >= 4 is 0 Å². The lowest BCUT2D eigenvalue weighted by Crippen LogP contribution is -2.22. The highest BCUT2D eigenvalue weighted by molar-refractivity contribution is 5.13. The van der Waals surface area contributed by atoms with Crippen molar-refractivity contribution in [3.05, 3.63) is 17.5 Å². The van der Waals surface area contributed by atoms with E-state index in [9.17, 15) is 0 Å². The van der Waals surface area contributed by atoms with Crippen LogP contribution in [-0.2, 0) is 6.54 Å². The molecule has 0 saturated carbocycles. The first kappa shape index (κ1) is 8.27. The second-order valence-corrected chi connectivity index (χ2v) is 3.05. The zero-order valence-corrected chi connectivity index (χ0v) is 7.31. The Labute approximate surface area is 67.2 Å². The molecule has 11 heavy (non-hydrogen) atoms. The quantitative estimate of drug-likeness (QED) is 0.685. The normalized spacial score (nSPS) is 10.9. The minimum atomic E-state index is 0.520. The van der Waals surface area contributed by atoms with Crippen molar-refractivity contribution in [3.8, 4) is 0 Å². The first-order chi connectivity index (χ1) is 5.20. The average Bonchev–Trinajstić information content (AvgIpc) is 2.31. The van der Waals surface area contributed by atoms with E-state index in [1.165, 1.54) is 5.56 Å². The highest BCUT2D eigenvalue weighted by atomic mass is 15.1. The molecule has 0 atom stereocenters. The van der Waals surface area contributed by atoms with E-state index in [-0.39, 0.29) is 0 Å². The molecule has 0 saturated heterocycles. The fourth-order valence-corrected chi connectivity index (χ4v) is 0.858. The van der Waals surface area contributed by atoms with Gasteiger partial charge in [-0.2, -0.15) is 5.10 Å². The van der Waals surface area contributed by atoms with Crippen LogP contribution < -0.4 is 5.32 Å². The predicted octanol–water partition coefficient (Wildman–Crippen LogP) is 1.22. The van der Waals surface area contributed by atoms with Crippen LogP contribution in [0.25, 0.3) is 0 Å². The Morgan fingerprint density at radius 1 is 1.64 bits per heavy atom. The van der Waals surface area contributed by atoms with Crippen LogP contribution >= 0.6 is 0 Å². The third-order valence-corrected chi connectivity index (χ3v) is 1.61. The molecule has 0 spiro atoms. The maximum atomic E-state index is 4.10. The molecule has 0 aliphatic rings. The maximum absolute atomic E-state index is 4.10. The number of rotatable bonds is 3. The van der Waals surface area contributed by atoms with E-state index in [0.717, 1.165) is 12.2 Å². The van der Waals surface area contributed by atoms with E-state index in [2.05, 4.69) is 36.3 Å². The van der Waals surface area contributed by atoms with Crippen LogP contribution in [0.4, 0.5) is 0 Å². The monoisotopic (exact) mass is 153 g/mol. The smallest absolute Gasteiger partial charge is 0.0789 e. The number of H-pyrrole nitrogens is 1. The highest BCUT2D eigenvalue weighted by Gasteiger charge is 2.00. The Balaban J connectivity index is 2.44. The van der Waals surface area contributed by atoms with Crippen LogP contribution in [0.3, 0.4) is 0 Å². The molecule has 0 fully saturated rings. The van der Waals surface area contributed by atoms with E-state index in [4.69, 9.17) is 0 Å². The van der Waals surface area contributed by atoms with Gasteiger partial charge in [-0.15, -0.1) is 0 Å². The van der Waals surface area contributed by atoms with Gasteiger partial charge in [0.25, 0.3) is 0 Å². The van der Waals surface area contributed by atoms with E-state index >= 15 is 0 Å². The molecular weight excluding hydrogens is 138 g/mol. The van der Waals surface area contributed by atoms with Crippen molar-refractivity contribution in [2.75, 3.05) is 0 Å². The second kappa shape index (κ2) is 3.53. The lowest BCUT2D eigenvalue weighted by atomic mass is 10.2. The van der Waals surface area contributed by atoms with E-state index in [1.54, 1.807) is 0 Å². The van der Waals surface area contributed by atoms with Gasteiger partial charge in [0.1, 0.15) is 0 Å². The molecule has 1 heterocycles. The molecule has 0 aliphatic carbocycles. The lowest BCUT2D eigenvalue weighted by Gasteiger charge is -2.05. The van der Waals surface area contributed by atoms with Gasteiger partial charge < -0.3 is 5.32 Å². The molecule has 0 bridgehead atoms. The third-order valence-electron chi connectivity index (χ3n) is 1.61. The minimum Gasteiger partial charge on any atom is -0.309 e. The number of aromatic nitrogens is 2. The third kappa shape index (κ3) is 2.35. The first-order valence-electron chi connectivity index (χ1n) is 3.93. The number of nitrogens with zero attached hydrogens (tertiary/aromatic N) is 1. The molecule has 0 radical (unpaired) electrons. The summed E-state index contributed by atoms with van der Waals surface area (Å²) in [7, 11) is 0. The van der Waals surface area contributed by atoms with Crippen molar-refractivity contribution < 1.29 is 0 Å². The summed E-state index contributed by atoms with van der Waals surface area (Å²) in [6.07, 6.45) is 1.91. The molecule has 1 rings (SSSR count). The number of aromatic amines is 1. The summed E-state index contributed by atoms with van der Waals surface area (Å²) in [5, 5.41) is 10.2. The van der Waals surface area contributed by atoms with Crippen molar-refractivity contribution in [2.45, 2.75) is 33.4 Å². The summed E-state index contributed by atoms with van der Waals surface area (Å²) in [6.45, 7) is 7.16. The lowest BCUT2D eigenvalue weighted by molar-refractivity contribution is 0.579. The number of nitrogens with one attached hydrogen (secondary N) is 2. The van der Waals surface area contributed by atoms with E-state index < -0.39 is 0 Å². The average molecular weight is 153 g/mol. The van der Waals surface area contributed by atoms with E-state index in [0.29, 0.717) is 6.04 Å². The fourth-order valence-electron chi connectivity index (χ4n) is 0.858. The van der Waals surface area contributed by atoms with Gasteiger partial charge in [-0.3, -0.25) is 5.10 Å². The van der Waals surface area contributed by atoms with Crippen molar-refractivity contribution in [3.63, 3.8) is 0 Å². The van der Waals surface area contributed by atoms with Gasteiger partial charge in [-0.05, 0) is 12.5 Å². The van der Waals surface area contributed by atoms with Gasteiger partial charge in [0.05, 0.1) is 5.69 Å². The Morgan fingerprint density at radius 2 is 2.36 bits per heavy atom. The summed E-state index contributed by atoms with van der Waals surface area (Å²) in [5.41, 5.74) is 2.33. The Kier molecular flexibility index (Phi) is 2.65. The molecule has 0 unspecified atom stereocenters. The van der Waals surface area contributed by atoms with Crippen molar-refractivity contribution in [1.29, 1.82) is 0 Å². The molecule has 3 heteroatoms. The minimum absolute atomic E-state index is 0.520.